The quantitative estimate of drug-likeness (QED) is 0.904. The summed E-state index contributed by atoms with van der Waals surface area (Å²) in [6.45, 7) is 0. The van der Waals surface area contributed by atoms with E-state index in [2.05, 4.69) is 20.9 Å². The van der Waals surface area contributed by atoms with Crippen LogP contribution in [0.4, 0.5) is 0 Å². The van der Waals surface area contributed by atoms with Gasteiger partial charge in [0.05, 0.1) is 5.01 Å². The van der Waals surface area contributed by atoms with Crippen LogP contribution < -0.4 is 0 Å². The molecule has 0 aliphatic heterocycles. The molecule has 1 fully saturated rings. The van der Waals surface area contributed by atoms with Gasteiger partial charge in [0.1, 0.15) is 3.79 Å². The summed E-state index contributed by atoms with van der Waals surface area (Å²) < 4.78 is 0.649. The summed E-state index contributed by atoms with van der Waals surface area (Å²) in [4.78, 5) is 15.0. The van der Waals surface area contributed by atoms with E-state index in [1.807, 2.05) is 0 Å². The number of rotatable bonds is 2. The number of hydrogen-bond donors (Lipinski definition) is 1. The van der Waals surface area contributed by atoms with Gasteiger partial charge in [0.25, 0.3) is 0 Å². The summed E-state index contributed by atoms with van der Waals surface area (Å²) in [6, 6.07) is 0. The van der Waals surface area contributed by atoms with Crippen LogP contribution in [-0.4, -0.2) is 16.1 Å². The summed E-state index contributed by atoms with van der Waals surface area (Å²) in [5.41, 5.74) is 0.167. The predicted molar refractivity (Wildman–Crippen MR) is 62.6 cm³/mol. The molecule has 1 N–H and O–H groups in total. The van der Waals surface area contributed by atoms with Crippen molar-refractivity contribution in [3.8, 4) is 0 Å². The van der Waals surface area contributed by atoms with Gasteiger partial charge in [0.2, 0.25) is 0 Å². The summed E-state index contributed by atoms with van der Waals surface area (Å²) in [6.07, 6.45) is 6.08. The van der Waals surface area contributed by atoms with Crippen molar-refractivity contribution < 1.29 is 9.90 Å². The minimum absolute atomic E-state index is 0.167. The summed E-state index contributed by atoms with van der Waals surface area (Å²) in [5, 5.41) is 9.88. The van der Waals surface area contributed by atoms with Crippen LogP contribution in [0.15, 0.2) is 3.79 Å². The fourth-order valence-corrected chi connectivity index (χ4v) is 3.68. The number of thiazole rings is 1. The Hall–Kier alpha value is -0.420. The third kappa shape index (κ3) is 2.39. The predicted octanol–water partition coefficient (Wildman–Crippen LogP) is 3.65. The number of carboxylic acids is 1. The Morgan fingerprint density at radius 2 is 2.07 bits per heavy atom. The highest BCUT2D eigenvalue weighted by Crippen LogP contribution is 2.37. The van der Waals surface area contributed by atoms with Gasteiger partial charge in [-0.3, -0.25) is 0 Å². The minimum Gasteiger partial charge on any atom is -0.476 e. The van der Waals surface area contributed by atoms with E-state index < -0.39 is 5.97 Å². The molecule has 1 saturated carbocycles. The van der Waals surface area contributed by atoms with E-state index in [-0.39, 0.29) is 5.69 Å². The van der Waals surface area contributed by atoms with Gasteiger partial charge in [-0.15, -0.1) is 11.3 Å². The third-order valence-electron chi connectivity index (χ3n) is 2.76. The largest absolute Gasteiger partial charge is 0.476 e. The second-order valence-electron chi connectivity index (χ2n) is 3.81. The van der Waals surface area contributed by atoms with Crippen LogP contribution in [-0.2, 0) is 0 Å². The van der Waals surface area contributed by atoms with Crippen LogP contribution in [0.25, 0.3) is 0 Å². The molecule has 1 aliphatic rings. The van der Waals surface area contributed by atoms with Crippen molar-refractivity contribution in [2.75, 3.05) is 0 Å². The van der Waals surface area contributed by atoms with Gasteiger partial charge in [-0.2, -0.15) is 0 Å². The highest BCUT2D eigenvalue weighted by atomic mass is 79.9. The zero-order valence-electron chi connectivity index (χ0n) is 8.20. The number of hydrogen-bond acceptors (Lipinski definition) is 3. The molecule has 1 aromatic heterocycles. The van der Waals surface area contributed by atoms with Crippen LogP contribution in [0.5, 0.6) is 0 Å². The van der Waals surface area contributed by atoms with Gasteiger partial charge in [0, 0.05) is 5.92 Å². The lowest BCUT2D eigenvalue weighted by molar-refractivity contribution is 0.0690. The van der Waals surface area contributed by atoms with E-state index in [1.54, 1.807) is 0 Å². The first-order valence-corrected chi connectivity index (χ1v) is 6.69. The molecule has 2 rings (SSSR count). The number of halogens is 1. The highest BCUT2D eigenvalue weighted by molar-refractivity contribution is 9.11. The fraction of sp³-hybridized carbons (Fsp3) is 0.600. The fourth-order valence-electron chi connectivity index (χ4n) is 1.97. The van der Waals surface area contributed by atoms with Crippen LogP contribution in [0.1, 0.15) is 53.5 Å². The SMILES string of the molecule is O=C(O)c1nc(C2CCCCC2)sc1Br. The maximum atomic E-state index is 10.8. The smallest absolute Gasteiger partial charge is 0.356 e. The van der Waals surface area contributed by atoms with Crippen molar-refractivity contribution >= 4 is 33.2 Å². The van der Waals surface area contributed by atoms with Gasteiger partial charge in [-0.1, -0.05) is 19.3 Å². The molecule has 0 bridgehead atoms. The van der Waals surface area contributed by atoms with Gasteiger partial charge < -0.3 is 5.11 Å². The maximum Gasteiger partial charge on any atom is 0.356 e. The minimum atomic E-state index is -0.944. The molecule has 0 unspecified atom stereocenters. The summed E-state index contributed by atoms with van der Waals surface area (Å²) in [5.74, 6) is -0.465. The van der Waals surface area contributed by atoms with E-state index in [0.29, 0.717) is 9.70 Å². The van der Waals surface area contributed by atoms with E-state index in [9.17, 15) is 4.79 Å². The molecule has 0 amide bonds. The summed E-state index contributed by atoms with van der Waals surface area (Å²) >= 11 is 4.73. The topological polar surface area (TPSA) is 50.2 Å². The average Bonchev–Trinajstić information content (AvgIpc) is 2.62. The number of carboxylic acid groups (broad SMARTS) is 1. The average molecular weight is 290 g/mol. The molecule has 15 heavy (non-hydrogen) atoms. The lowest BCUT2D eigenvalue weighted by Crippen LogP contribution is -2.05. The lowest BCUT2D eigenvalue weighted by Gasteiger charge is -2.18. The van der Waals surface area contributed by atoms with Crippen LogP contribution >= 0.6 is 27.3 Å². The molecule has 0 aromatic carbocycles. The third-order valence-corrected chi connectivity index (χ3v) is 4.63. The number of aromatic carboxylic acids is 1. The molecule has 1 aliphatic carbocycles. The Kier molecular flexibility index (Phi) is 3.41. The second kappa shape index (κ2) is 4.61. The lowest BCUT2D eigenvalue weighted by atomic mass is 9.90. The zero-order valence-corrected chi connectivity index (χ0v) is 10.6. The Bertz CT molecular complexity index is 371. The molecule has 0 radical (unpaired) electrons. The number of aromatic nitrogens is 1. The second-order valence-corrected chi connectivity index (χ2v) is 6.16. The molecule has 0 atom stereocenters. The normalized spacial score (nSPS) is 17.9. The molecule has 1 aromatic rings. The maximum absolute atomic E-state index is 10.8. The zero-order chi connectivity index (χ0) is 10.8. The Balaban J connectivity index is 2.21. The number of carbonyl (C=O) groups is 1. The Morgan fingerprint density at radius 1 is 1.40 bits per heavy atom. The molecule has 3 nitrogen and oxygen atoms in total. The van der Waals surface area contributed by atoms with E-state index in [4.69, 9.17) is 5.11 Å². The van der Waals surface area contributed by atoms with E-state index in [0.717, 1.165) is 17.8 Å². The van der Waals surface area contributed by atoms with Gasteiger partial charge in [-0.05, 0) is 28.8 Å². The standard InChI is InChI=1S/C10H12BrNO2S/c11-8-7(10(13)14)12-9(15-8)6-4-2-1-3-5-6/h6H,1-5H2,(H,13,14). The van der Waals surface area contributed by atoms with Crippen molar-refractivity contribution in [3.05, 3.63) is 14.5 Å². The van der Waals surface area contributed by atoms with Gasteiger partial charge >= 0.3 is 5.97 Å². The van der Waals surface area contributed by atoms with Crippen LogP contribution in [0.3, 0.4) is 0 Å². The molecule has 0 spiro atoms. The van der Waals surface area contributed by atoms with E-state index >= 15 is 0 Å². The van der Waals surface area contributed by atoms with Crippen LogP contribution in [0, 0.1) is 0 Å². The van der Waals surface area contributed by atoms with Crippen LogP contribution in [0.2, 0.25) is 0 Å². The van der Waals surface area contributed by atoms with E-state index in [1.165, 1.54) is 30.6 Å². The highest BCUT2D eigenvalue weighted by Gasteiger charge is 2.22. The van der Waals surface area contributed by atoms with Crippen molar-refractivity contribution in [2.45, 2.75) is 38.0 Å². The molecule has 1 heterocycles. The Morgan fingerprint density at radius 3 is 2.60 bits per heavy atom. The van der Waals surface area contributed by atoms with Crippen molar-refractivity contribution in [2.24, 2.45) is 0 Å². The molecular weight excluding hydrogens is 278 g/mol. The first kappa shape index (κ1) is 11.1. The van der Waals surface area contributed by atoms with Gasteiger partial charge in [-0.25, -0.2) is 9.78 Å². The molecular formula is C10H12BrNO2S. The first-order valence-electron chi connectivity index (χ1n) is 5.08. The monoisotopic (exact) mass is 289 g/mol. The van der Waals surface area contributed by atoms with Gasteiger partial charge in [0.15, 0.2) is 5.69 Å². The Labute approximate surface area is 101 Å². The number of nitrogens with zero attached hydrogens (tertiary/aromatic N) is 1. The molecule has 5 heteroatoms. The summed E-state index contributed by atoms with van der Waals surface area (Å²) in [7, 11) is 0. The molecule has 0 saturated heterocycles. The first-order chi connectivity index (χ1) is 7.18. The van der Waals surface area contributed by atoms with Crippen molar-refractivity contribution in [1.29, 1.82) is 0 Å². The van der Waals surface area contributed by atoms with Crippen molar-refractivity contribution in [1.82, 2.24) is 4.98 Å². The molecule has 82 valence electrons. The van der Waals surface area contributed by atoms with Crippen molar-refractivity contribution in [3.63, 3.8) is 0 Å².